The van der Waals surface area contributed by atoms with E-state index >= 15 is 0 Å². The molecule has 2 heterocycles. The lowest BCUT2D eigenvalue weighted by atomic mass is 10.3. The molecule has 1 aliphatic rings. The Kier molecular flexibility index (Phi) is 4.89. The lowest BCUT2D eigenvalue weighted by Crippen LogP contribution is -2.50. The Labute approximate surface area is 149 Å². The number of nitrogens with zero attached hydrogens (tertiary/aromatic N) is 2. The Bertz CT molecular complexity index is 884. The van der Waals surface area contributed by atoms with Crippen molar-refractivity contribution in [1.82, 2.24) is 9.21 Å². The van der Waals surface area contributed by atoms with Gasteiger partial charge in [-0.1, -0.05) is 18.2 Å². The molecule has 0 aliphatic carbocycles. The van der Waals surface area contributed by atoms with E-state index in [0.29, 0.717) is 4.88 Å². The maximum absolute atomic E-state index is 12.6. The monoisotopic (exact) mass is 380 g/mol. The first-order chi connectivity index (χ1) is 11.9. The van der Waals surface area contributed by atoms with Crippen molar-refractivity contribution in [2.24, 2.45) is 0 Å². The Morgan fingerprint density at radius 3 is 2.08 bits per heavy atom. The normalized spacial score (nSPS) is 15.9. The molecule has 1 fully saturated rings. The van der Waals surface area contributed by atoms with Crippen molar-refractivity contribution >= 4 is 33.2 Å². The summed E-state index contributed by atoms with van der Waals surface area (Å²) in [5.74, 6) is -1.34. The van der Waals surface area contributed by atoms with Crippen LogP contribution in [0.1, 0.15) is 19.3 Å². The predicted octanol–water partition coefficient (Wildman–Crippen LogP) is 1.59. The smallest absolute Gasteiger partial charge is 0.345 e. The Morgan fingerprint density at radius 2 is 1.52 bits per heavy atom. The van der Waals surface area contributed by atoms with Crippen LogP contribution in [0.25, 0.3) is 0 Å². The highest BCUT2D eigenvalue weighted by Crippen LogP contribution is 2.21. The molecule has 1 saturated heterocycles. The molecule has 1 aliphatic heterocycles. The summed E-state index contributed by atoms with van der Waals surface area (Å²) in [4.78, 5) is 25.6. The molecule has 1 amide bonds. The molecule has 25 heavy (non-hydrogen) atoms. The standard InChI is InChI=1S/C16H16N2O5S2/c19-15(13-6-7-14(24-13)16(20)21)17-8-10-18(11-9-17)25(22,23)12-4-2-1-3-5-12/h1-7H,8-11H2,(H,20,21). The zero-order chi connectivity index (χ0) is 18.0. The van der Waals surface area contributed by atoms with Gasteiger partial charge in [-0.25, -0.2) is 13.2 Å². The van der Waals surface area contributed by atoms with Gasteiger partial charge in [0, 0.05) is 26.2 Å². The number of thiophene rings is 1. The van der Waals surface area contributed by atoms with Crippen LogP contribution >= 0.6 is 11.3 Å². The first-order valence-corrected chi connectivity index (χ1v) is 9.83. The summed E-state index contributed by atoms with van der Waals surface area (Å²) in [6, 6.07) is 11.1. The van der Waals surface area contributed by atoms with Gasteiger partial charge in [0.2, 0.25) is 10.0 Å². The molecule has 9 heteroatoms. The van der Waals surface area contributed by atoms with Crippen molar-refractivity contribution in [3.63, 3.8) is 0 Å². The fraction of sp³-hybridized carbons (Fsp3) is 0.250. The number of carbonyl (C=O) groups is 2. The number of carboxylic acid groups (broad SMARTS) is 1. The molecule has 1 N–H and O–H groups in total. The third kappa shape index (κ3) is 3.58. The van der Waals surface area contributed by atoms with E-state index in [9.17, 15) is 18.0 Å². The lowest BCUT2D eigenvalue weighted by molar-refractivity contribution is 0.0696. The minimum absolute atomic E-state index is 0.105. The molecular weight excluding hydrogens is 364 g/mol. The lowest BCUT2D eigenvalue weighted by Gasteiger charge is -2.33. The molecule has 0 atom stereocenters. The third-order valence-corrected chi connectivity index (χ3v) is 6.91. The van der Waals surface area contributed by atoms with E-state index in [1.807, 2.05) is 0 Å². The van der Waals surface area contributed by atoms with Crippen LogP contribution in [0.2, 0.25) is 0 Å². The molecule has 7 nitrogen and oxygen atoms in total. The topological polar surface area (TPSA) is 95.0 Å². The molecular formula is C16H16N2O5S2. The number of sulfonamides is 1. The van der Waals surface area contributed by atoms with Crippen LogP contribution in [-0.4, -0.2) is 60.8 Å². The van der Waals surface area contributed by atoms with Crippen LogP contribution in [0.15, 0.2) is 47.4 Å². The average Bonchev–Trinajstić information content (AvgIpc) is 3.12. The maximum atomic E-state index is 12.6. The number of hydrogen-bond donors (Lipinski definition) is 1. The second-order valence-corrected chi connectivity index (χ2v) is 8.50. The summed E-state index contributed by atoms with van der Waals surface area (Å²) in [5, 5.41) is 8.93. The highest BCUT2D eigenvalue weighted by Gasteiger charge is 2.30. The second-order valence-electron chi connectivity index (χ2n) is 5.48. The second kappa shape index (κ2) is 6.95. The number of amides is 1. The summed E-state index contributed by atoms with van der Waals surface area (Å²) >= 11 is 0.923. The molecule has 3 rings (SSSR count). The number of rotatable bonds is 4. The van der Waals surface area contributed by atoms with Crippen LogP contribution in [0.3, 0.4) is 0 Å². The van der Waals surface area contributed by atoms with Gasteiger partial charge in [-0.2, -0.15) is 4.31 Å². The van der Waals surface area contributed by atoms with Crippen LogP contribution < -0.4 is 0 Å². The van der Waals surface area contributed by atoms with E-state index in [-0.39, 0.29) is 41.9 Å². The number of benzene rings is 1. The van der Waals surface area contributed by atoms with Gasteiger partial charge in [-0.3, -0.25) is 4.79 Å². The number of piperazine rings is 1. The zero-order valence-electron chi connectivity index (χ0n) is 13.2. The molecule has 0 saturated carbocycles. The fourth-order valence-electron chi connectivity index (χ4n) is 2.60. The van der Waals surface area contributed by atoms with Crippen molar-refractivity contribution in [2.45, 2.75) is 4.90 Å². The molecule has 1 aromatic heterocycles. The van der Waals surface area contributed by atoms with Crippen molar-refractivity contribution in [3.8, 4) is 0 Å². The van der Waals surface area contributed by atoms with Gasteiger partial charge in [0.25, 0.3) is 5.91 Å². The summed E-state index contributed by atoms with van der Waals surface area (Å²) in [5.41, 5.74) is 0. The van der Waals surface area contributed by atoms with Gasteiger partial charge in [-0.05, 0) is 24.3 Å². The summed E-state index contributed by atoms with van der Waals surface area (Å²) < 4.78 is 26.5. The molecule has 1 aromatic carbocycles. The van der Waals surface area contributed by atoms with Gasteiger partial charge in [0.05, 0.1) is 9.77 Å². The van der Waals surface area contributed by atoms with E-state index in [4.69, 9.17) is 5.11 Å². The van der Waals surface area contributed by atoms with Crippen molar-refractivity contribution in [2.75, 3.05) is 26.2 Å². The van der Waals surface area contributed by atoms with Gasteiger partial charge >= 0.3 is 5.97 Å². The minimum atomic E-state index is -3.56. The van der Waals surface area contributed by atoms with Gasteiger partial charge in [-0.15, -0.1) is 11.3 Å². The largest absolute Gasteiger partial charge is 0.477 e. The molecule has 0 spiro atoms. The van der Waals surface area contributed by atoms with Gasteiger partial charge in [0.1, 0.15) is 4.88 Å². The fourth-order valence-corrected chi connectivity index (χ4v) is 4.85. The quantitative estimate of drug-likeness (QED) is 0.869. The van der Waals surface area contributed by atoms with E-state index in [2.05, 4.69) is 0 Å². The van der Waals surface area contributed by atoms with Crippen molar-refractivity contribution in [1.29, 1.82) is 0 Å². The Hall–Kier alpha value is -2.23. The molecule has 132 valence electrons. The first-order valence-electron chi connectivity index (χ1n) is 7.57. The first kappa shape index (κ1) is 17.6. The number of carbonyl (C=O) groups excluding carboxylic acids is 1. The van der Waals surface area contributed by atoms with Crippen molar-refractivity contribution in [3.05, 3.63) is 52.2 Å². The average molecular weight is 380 g/mol. The minimum Gasteiger partial charge on any atom is -0.477 e. The Balaban J connectivity index is 1.67. The summed E-state index contributed by atoms with van der Waals surface area (Å²) in [6.07, 6.45) is 0. The number of carboxylic acids is 1. The van der Waals surface area contributed by atoms with E-state index in [1.165, 1.54) is 16.4 Å². The molecule has 0 unspecified atom stereocenters. The molecule has 2 aromatic rings. The van der Waals surface area contributed by atoms with Crippen LogP contribution in [0, 0.1) is 0 Å². The zero-order valence-corrected chi connectivity index (χ0v) is 14.8. The van der Waals surface area contributed by atoms with Crippen LogP contribution in [0.4, 0.5) is 0 Å². The summed E-state index contributed by atoms with van der Waals surface area (Å²) in [6.45, 7) is 0.955. The van der Waals surface area contributed by atoms with Gasteiger partial charge in [0.15, 0.2) is 0 Å². The van der Waals surface area contributed by atoms with E-state index < -0.39 is 16.0 Å². The van der Waals surface area contributed by atoms with E-state index in [0.717, 1.165) is 11.3 Å². The number of aromatic carboxylic acids is 1. The summed E-state index contributed by atoms with van der Waals surface area (Å²) in [7, 11) is -3.56. The Morgan fingerprint density at radius 1 is 0.920 bits per heavy atom. The predicted molar refractivity (Wildman–Crippen MR) is 92.4 cm³/mol. The number of hydrogen-bond acceptors (Lipinski definition) is 5. The van der Waals surface area contributed by atoms with E-state index in [1.54, 1.807) is 35.2 Å². The third-order valence-electron chi connectivity index (χ3n) is 3.93. The van der Waals surface area contributed by atoms with Gasteiger partial charge < -0.3 is 10.0 Å². The highest BCUT2D eigenvalue weighted by molar-refractivity contribution is 7.89. The maximum Gasteiger partial charge on any atom is 0.345 e. The SMILES string of the molecule is O=C(O)c1ccc(C(=O)N2CCN(S(=O)(=O)c3ccccc3)CC2)s1. The van der Waals surface area contributed by atoms with Crippen molar-refractivity contribution < 1.29 is 23.1 Å². The van der Waals surface area contributed by atoms with Crippen LogP contribution in [0.5, 0.6) is 0 Å². The highest BCUT2D eigenvalue weighted by atomic mass is 32.2. The van der Waals surface area contributed by atoms with Crippen LogP contribution in [-0.2, 0) is 10.0 Å². The molecule has 0 bridgehead atoms. The molecule has 0 radical (unpaired) electrons.